The van der Waals surface area contributed by atoms with E-state index in [-0.39, 0.29) is 10.7 Å². The second-order valence-electron chi connectivity index (χ2n) is 4.27. The zero-order chi connectivity index (χ0) is 15.3. The van der Waals surface area contributed by atoms with Gasteiger partial charge in [-0.3, -0.25) is 4.72 Å². The van der Waals surface area contributed by atoms with Gasteiger partial charge in [-0.05, 0) is 24.6 Å². The van der Waals surface area contributed by atoms with Crippen molar-refractivity contribution >= 4 is 33.3 Å². The molecule has 0 fully saturated rings. The topological polar surface area (TPSA) is 84.0 Å². The molecule has 0 saturated heterocycles. The highest BCUT2D eigenvalue weighted by Crippen LogP contribution is 2.17. The van der Waals surface area contributed by atoms with Crippen molar-refractivity contribution < 1.29 is 8.42 Å². The molecule has 0 spiro atoms. The van der Waals surface area contributed by atoms with Gasteiger partial charge in [-0.1, -0.05) is 18.5 Å². The minimum atomic E-state index is -3.71. The molecule has 0 atom stereocenters. The number of aromatic nitrogens is 2. The number of nitrogens with zero attached hydrogens (tertiary/aromatic N) is 2. The summed E-state index contributed by atoms with van der Waals surface area (Å²) in [4.78, 5) is 8.10. The van der Waals surface area contributed by atoms with Crippen LogP contribution < -0.4 is 10.0 Å². The maximum absolute atomic E-state index is 12.3. The summed E-state index contributed by atoms with van der Waals surface area (Å²) in [7, 11) is -3.71. The Hall–Kier alpha value is -1.86. The molecule has 0 aromatic carbocycles. The number of hydrogen-bond donors (Lipinski definition) is 2. The first-order valence-corrected chi connectivity index (χ1v) is 8.21. The Morgan fingerprint density at radius 2 is 2.00 bits per heavy atom. The second kappa shape index (κ2) is 6.73. The van der Waals surface area contributed by atoms with Crippen LogP contribution in [0.1, 0.15) is 13.3 Å². The van der Waals surface area contributed by atoms with Crippen LogP contribution in [0.2, 0.25) is 5.02 Å². The predicted molar refractivity (Wildman–Crippen MR) is 83.1 cm³/mol. The molecular weight excluding hydrogens is 312 g/mol. The molecule has 0 aliphatic carbocycles. The van der Waals surface area contributed by atoms with Crippen LogP contribution in [-0.4, -0.2) is 24.9 Å². The Morgan fingerprint density at radius 3 is 2.67 bits per heavy atom. The van der Waals surface area contributed by atoms with Gasteiger partial charge in [0.1, 0.15) is 11.6 Å². The average molecular weight is 327 g/mol. The predicted octanol–water partition coefficient (Wildman–Crippen LogP) is 2.75. The maximum Gasteiger partial charge on any atom is 0.263 e. The normalized spacial score (nSPS) is 11.1. The lowest BCUT2D eigenvalue weighted by molar-refractivity contribution is 0.601. The van der Waals surface area contributed by atoms with Gasteiger partial charge in [-0.15, -0.1) is 0 Å². The third-order valence-electron chi connectivity index (χ3n) is 2.56. The van der Waals surface area contributed by atoms with E-state index in [0.29, 0.717) is 10.8 Å². The molecule has 2 aromatic heterocycles. The van der Waals surface area contributed by atoms with Crippen molar-refractivity contribution in [3.63, 3.8) is 0 Å². The summed E-state index contributed by atoms with van der Waals surface area (Å²) in [5.74, 6) is 0.725. The molecule has 8 heteroatoms. The largest absolute Gasteiger partial charge is 0.370 e. The van der Waals surface area contributed by atoms with Crippen molar-refractivity contribution in [2.45, 2.75) is 18.2 Å². The van der Waals surface area contributed by atoms with E-state index in [1.165, 1.54) is 30.6 Å². The van der Waals surface area contributed by atoms with Crippen molar-refractivity contribution in [1.29, 1.82) is 0 Å². The molecule has 0 unspecified atom stereocenters. The van der Waals surface area contributed by atoms with Crippen molar-refractivity contribution in [2.75, 3.05) is 16.6 Å². The molecule has 0 bridgehead atoms. The smallest absolute Gasteiger partial charge is 0.263 e. The van der Waals surface area contributed by atoms with Crippen LogP contribution in [0.4, 0.5) is 11.6 Å². The summed E-state index contributed by atoms with van der Waals surface area (Å²) in [6, 6.07) is 5.97. The molecule has 0 radical (unpaired) electrons. The lowest BCUT2D eigenvalue weighted by Gasteiger charge is -2.09. The van der Waals surface area contributed by atoms with Gasteiger partial charge in [0.2, 0.25) is 0 Å². The van der Waals surface area contributed by atoms with E-state index in [9.17, 15) is 8.42 Å². The first-order chi connectivity index (χ1) is 10.0. The van der Waals surface area contributed by atoms with Gasteiger partial charge in [-0.25, -0.2) is 18.4 Å². The fourth-order valence-corrected chi connectivity index (χ4v) is 2.69. The molecule has 0 amide bonds. The number of sulfonamides is 1. The van der Waals surface area contributed by atoms with Gasteiger partial charge < -0.3 is 5.32 Å². The van der Waals surface area contributed by atoms with Gasteiger partial charge >= 0.3 is 0 Å². The average Bonchev–Trinajstić information content (AvgIpc) is 2.48. The van der Waals surface area contributed by atoms with Crippen LogP contribution in [0.3, 0.4) is 0 Å². The minimum absolute atomic E-state index is 0.118. The van der Waals surface area contributed by atoms with E-state index in [1.54, 1.807) is 6.07 Å². The maximum atomic E-state index is 12.3. The molecule has 2 rings (SSSR count). The SMILES string of the molecule is CCCNc1cc(S(=O)(=O)Nc2ccc(Cl)cn2)ccn1. The van der Waals surface area contributed by atoms with E-state index in [0.717, 1.165) is 13.0 Å². The Bertz CT molecular complexity index is 704. The van der Waals surface area contributed by atoms with Crippen molar-refractivity contribution in [3.8, 4) is 0 Å². The molecule has 0 aliphatic rings. The zero-order valence-corrected chi connectivity index (χ0v) is 12.9. The Morgan fingerprint density at radius 1 is 1.19 bits per heavy atom. The number of halogens is 1. The first-order valence-electron chi connectivity index (χ1n) is 6.35. The van der Waals surface area contributed by atoms with Crippen LogP contribution in [0.5, 0.6) is 0 Å². The zero-order valence-electron chi connectivity index (χ0n) is 11.4. The van der Waals surface area contributed by atoms with Crippen LogP contribution >= 0.6 is 11.6 Å². The lowest BCUT2D eigenvalue weighted by atomic mass is 10.4. The van der Waals surface area contributed by atoms with Gasteiger partial charge in [0, 0.05) is 25.0 Å². The van der Waals surface area contributed by atoms with Gasteiger partial charge in [-0.2, -0.15) is 0 Å². The van der Waals surface area contributed by atoms with E-state index in [4.69, 9.17) is 11.6 Å². The van der Waals surface area contributed by atoms with E-state index >= 15 is 0 Å². The Balaban J connectivity index is 2.20. The quantitative estimate of drug-likeness (QED) is 0.852. The molecule has 2 heterocycles. The first kappa shape index (κ1) is 15.5. The van der Waals surface area contributed by atoms with Gasteiger partial charge in [0.05, 0.1) is 9.92 Å². The summed E-state index contributed by atoms with van der Waals surface area (Å²) >= 11 is 5.71. The second-order valence-corrected chi connectivity index (χ2v) is 6.39. The van der Waals surface area contributed by atoms with E-state index in [1.807, 2.05) is 6.92 Å². The Labute approximate surface area is 128 Å². The number of anilines is 2. The third-order valence-corrected chi connectivity index (χ3v) is 4.14. The fourth-order valence-electron chi connectivity index (χ4n) is 1.56. The molecule has 6 nitrogen and oxygen atoms in total. The summed E-state index contributed by atoms with van der Waals surface area (Å²) in [6.45, 7) is 2.74. The van der Waals surface area contributed by atoms with Crippen molar-refractivity contribution in [2.24, 2.45) is 0 Å². The summed E-state index contributed by atoms with van der Waals surface area (Å²) in [5, 5.41) is 3.48. The lowest BCUT2D eigenvalue weighted by Crippen LogP contribution is -2.14. The van der Waals surface area contributed by atoms with E-state index < -0.39 is 10.0 Å². The molecular formula is C13H15ClN4O2S. The van der Waals surface area contributed by atoms with E-state index in [2.05, 4.69) is 20.0 Å². The fraction of sp³-hybridized carbons (Fsp3) is 0.231. The third kappa shape index (κ3) is 4.30. The number of rotatable bonds is 6. The monoisotopic (exact) mass is 326 g/mol. The number of hydrogen-bond acceptors (Lipinski definition) is 5. The molecule has 0 aliphatic heterocycles. The highest BCUT2D eigenvalue weighted by atomic mass is 35.5. The summed E-state index contributed by atoms with van der Waals surface area (Å²) in [6.07, 6.45) is 3.74. The Kier molecular flexibility index (Phi) is 4.98. The van der Waals surface area contributed by atoms with Crippen LogP contribution in [0.15, 0.2) is 41.6 Å². The van der Waals surface area contributed by atoms with Crippen molar-refractivity contribution in [1.82, 2.24) is 9.97 Å². The molecule has 2 aromatic rings. The van der Waals surface area contributed by atoms with Crippen LogP contribution in [0, 0.1) is 0 Å². The van der Waals surface area contributed by atoms with Crippen molar-refractivity contribution in [3.05, 3.63) is 41.7 Å². The van der Waals surface area contributed by atoms with Crippen LogP contribution in [-0.2, 0) is 10.0 Å². The highest BCUT2D eigenvalue weighted by molar-refractivity contribution is 7.92. The molecule has 112 valence electrons. The molecule has 2 N–H and O–H groups in total. The van der Waals surface area contributed by atoms with Gasteiger partial charge in [0.15, 0.2) is 0 Å². The minimum Gasteiger partial charge on any atom is -0.370 e. The number of nitrogens with one attached hydrogen (secondary N) is 2. The van der Waals surface area contributed by atoms with Crippen LogP contribution in [0.25, 0.3) is 0 Å². The summed E-state index contributed by atoms with van der Waals surface area (Å²) in [5.41, 5.74) is 0. The standard InChI is InChI=1S/C13H15ClN4O2S/c1-2-6-15-13-8-11(5-7-16-13)21(19,20)18-12-4-3-10(14)9-17-12/h3-5,7-9H,2,6H2,1H3,(H,15,16)(H,17,18). The molecule has 0 saturated carbocycles. The summed E-state index contributed by atoms with van der Waals surface area (Å²) < 4.78 is 26.9. The van der Waals surface area contributed by atoms with Gasteiger partial charge in [0.25, 0.3) is 10.0 Å². The highest BCUT2D eigenvalue weighted by Gasteiger charge is 2.15. The number of pyridine rings is 2. The molecule has 21 heavy (non-hydrogen) atoms.